The number of carbonyl (C=O) groups excluding carboxylic acids is 3. The maximum atomic E-state index is 12.9. The van der Waals surface area contributed by atoms with Crippen LogP contribution in [0.2, 0.25) is 0 Å². The number of esters is 3. The Morgan fingerprint density at radius 1 is 1.12 bits per heavy atom. The van der Waals surface area contributed by atoms with E-state index in [1.165, 1.54) is 0 Å². The lowest BCUT2D eigenvalue weighted by atomic mass is 9.71. The van der Waals surface area contributed by atoms with Crippen LogP contribution in [0.4, 0.5) is 0 Å². The third kappa shape index (κ3) is 3.79. The third-order valence-corrected chi connectivity index (χ3v) is 5.98. The molecule has 0 radical (unpaired) electrons. The fourth-order valence-electron chi connectivity index (χ4n) is 4.52. The second kappa shape index (κ2) is 8.23. The van der Waals surface area contributed by atoms with Gasteiger partial charge in [-0.05, 0) is 25.7 Å². The molecular weight excluding hydrogens is 336 g/mol. The minimum absolute atomic E-state index is 0.00866. The average molecular weight is 364 g/mol. The predicted octanol–water partition coefficient (Wildman–Crippen LogP) is 2.51. The van der Waals surface area contributed by atoms with E-state index in [1.807, 2.05) is 19.1 Å². The summed E-state index contributed by atoms with van der Waals surface area (Å²) < 4.78 is 16.4. The molecule has 6 atom stereocenters. The summed E-state index contributed by atoms with van der Waals surface area (Å²) in [4.78, 5) is 37.9. The Bertz CT molecular complexity index is 583. The Morgan fingerprint density at radius 3 is 2.62 bits per heavy atom. The molecule has 0 bridgehead atoms. The molecule has 3 aliphatic rings. The Morgan fingerprint density at radius 2 is 1.85 bits per heavy atom. The second-order valence-electron chi connectivity index (χ2n) is 7.62. The van der Waals surface area contributed by atoms with Gasteiger partial charge < -0.3 is 14.2 Å². The number of ether oxygens (including phenoxy) is 3. The van der Waals surface area contributed by atoms with Crippen LogP contribution in [0.5, 0.6) is 0 Å². The normalized spacial score (nSPS) is 37.6. The van der Waals surface area contributed by atoms with Crippen molar-refractivity contribution in [1.82, 2.24) is 0 Å². The van der Waals surface area contributed by atoms with Crippen LogP contribution in [-0.4, -0.2) is 37.7 Å². The molecule has 2 fully saturated rings. The molecule has 3 rings (SSSR count). The van der Waals surface area contributed by atoms with Crippen LogP contribution in [0.15, 0.2) is 12.2 Å². The first-order valence-electron chi connectivity index (χ1n) is 9.71. The quantitative estimate of drug-likeness (QED) is 0.426. The van der Waals surface area contributed by atoms with E-state index in [9.17, 15) is 14.4 Å². The van der Waals surface area contributed by atoms with Crippen LogP contribution in [0.3, 0.4) is 0 Å². The topological polar surface area (TPSA) is 78.9 Å². The summed E-state index contributed by atoms with van der Waals surface area (Å²) in [6.45, 7) is 4.21. The van der Waals surface area contributed by atoms with Crippen LogP contribution in [-0.2, 0) is 28.6 Å². The Labute approximate surface area is 154 Å². The van der Waals surface area contributed by atoms with E-state index < -0.39 is 17.8 Å². The standard InChI is InChI=1S/C20H28O6/c1-3-24-19(22)16-12(2)8-9-14-11-25-18(21)15-7-5-4-6-13(15)10-26-20(23)17(14)16/h8-9,12-17H,3-7,10-11H2,1-2H3/t12-,13-,14-,15+,16+,17+/m0/s1. The number of hydrogen-bond acceptors (Lipinski definition) is 6. The molecule has 0 amide bonds. The Hall–Kier alpha value is -1.85. The predicted molar refractivity (Wildman–Crippen MR) is 92.8 cm³/mol. The van der Waals surface area contributed by atoms with E-state index in [0.29, 0.717) is 0 Å². The highest BCUT2D eigenvalue weighted by Crippen LogP contribution is 2.39. The molecule has 1 heterocycles. The fraction of sp³-hybridized carbons (Fsp3) is 0.750. The van der Waals surface area contributed by atoms with Gasteiger partial charge in [-0.15, -0.1) is 0 Å². The molecule has 1 aliphatic heterocycles. The summed E-state index contributed by atoms with van der Waals surface area (Å²) in [7, 11) is 0. The first-order chi connectivity index (χ1) is 12.5. The number of carbonyl (C=O) groups is 3. The van der Waals surface area contributed by atoms with Gasteiger partial charge in [0.1, 0.15) is 0 Å². The van der Waals surface area contributed by atoms with Crippen molar-refractivity contribution in [3.05, 3.63) is 12.2 Å². The smallest absolute Gasteiger partial charge is 0.310 e. The molecule has 26 heavy (non-hydrogen) atoms. The molecule has 0 aromatic rings. The zero-order valence-corrected chi connectivity index (χ0v) is 15.5. The summed E-state index contributed by atoms with van der Waals surface area (Å²) in [6, 6.07) is 0. The monoisotopic (exact) mass is 364 g/mol. The molecule has 144 valence electrons. The highest BCUT2D eigenvalue weighted by Gasteiger charge is 2.47. The maximum Gasteiger partial charge on any atom is 0.310 e. The van der Waals surface area contributed by atoms with Crippen molar-refractivity contribution < 1.29 is 28.6 Å². The van der Waals surface area contributed by atoms with E-state index >= 15 is 0 Å². The number of cyclic esters (lactones) is 2. The van der Waals surface area contributed by atoms with Crippen molar-refractivity contribution in [2.75, 3.05) is 19.8 Å². The van der Waals surface area contributed by atoms with E-state index in [1.54, 1.807) is 6.92 Å². The molecular formula is C20H28O6. The Balaban J connectivity index is 1.85. The van der Waals surface area contributed by atoms with Gasteiger partial charge in [0, 0.05) is 11.8 Å². The molecule has 2 aliphatic carbocycles. The van der Waals surface area contributed by atoms with Crippen molar-refractivity contribution in [3.8, 4) is 0 Å². The van der Waals surface area contributed by atoms with Gasteiger partial charge in [-0.1, -0.05) is 31.9 Å². The molecule has 1 saturated carbocycles. The molecule has 0 aromatic carbocycles. The highest BCUT2D eigenvalue weighted by molar-refractivity contribution is 5.83. The van der Waals surface area contributed by atoms with Crippen LogP contribution in [0, 0.1) is 35.5 Å². The van der Waals surface area contributed by atoms with Crippen molar-refractivity contribution in [2.24, 2.45) is 35.5 Å². The van der Waals surface area contributed by atoms with Gasteiger partial charge >= 0.3 is 17.9 Å². The van der Waals surface area contributed by atoms with E-state index in [-0.39, 0.29) is 55.4 Å². The first kappa shape index (κ1) is 18.9. The van der Waals surface area contributed by atoms with E-state index in [0.717, 1.165) is 25.7 Å². The lowest BCUT2D eigenvalue weighted by Gasteiger charge is -2.37. The summed E-state index contributed by atoms with van der Waals surface area (Å²) in [5.41, 5.74) is 0. The van der Waals surface area contributed by atoms with E-state index in [2.05, 4.69) is 0 Å². The number of allylic oxidation sites excluding steroid dienone is 1. The summed E-state index contributed by atoms with van der Waals surface area (Å²) in [6.07, 6.45) is 7.45. The van der Waals surface area contributed by atoms with Crippen LogP contribution in [0.25, 0.3) is 0 Å². The molecule has 0 aromatic heterocycles. The van der Waals surface area contributed by atoms with Gasteiger partial charge in [-0.25, -0.2) is 0 Å². The highest BCUT2D eigenvalue weighted by atomic mass is 16.5. The van der Waals surface area contributed by atoms with Crippen molar-refractivity contribution >= 4 is 17.9 Å². The minimum atomic E-state index is -0.679. The summed E-state index contributed by atoms with van der Waals surface area (Å²) in [5.74, 6) is -2.96. The molecule has 0 unspecified atom stereocenters. The summed E-state index contributed by atoms with van der Waals surface area (Å²) >= 11 is 0. The lowest BCUT2D eigenvalue weighted by Crippen LogP contribution is -2.45. The van der Waals surface area contributed by atoms with Gasteiger partial charge in [-0.3, -0.25) is 14.4 Å². The van der Waals surface area contributed by atoms with Crippen LogP contribution >= 0.6 is 0 Å². The molecule has 0 N–H and O–H groups in total. The molecule has 6 heteroatoms. The SMILES string of the molecule is CCOC(=O)[C@H]1[C@@H]2C(=O)OC[C@@H]3CCCC[C@H]3C(=O)OC[C@@H]2C=C[C@@H]1C. The number of hydrogen-bond donors (Lipinski definition) is 0. The largest absolute Gasteiger partial charge is 0.466 e. The minimum Gasteiger partial charge on any atom is -0.466 e. The molecule has 1 saturated heterocycles. The van der Waals surface area contributed by atoms with Gasteiger partial charge in [0.05, 0.1) is 37.6 Å². The van der Waals surface area contributed by atoms with Gasteiger partial charge in [0.15, 0.2) is 0 Å². The van der Waals surface area contributed by atoms with Gasteiger partial charge in [-0.2, -0.15) is 0 Å². The lowest BCUT2D eigenvalue weighted by molar-refractivity contribution is -0.172. The Kier molecular flexibility index (Phi) is 5.99. The second-order valence-corrected chi connectivity index (χ2v) is 7.62. The fourth-order valence-corrected chi connectivity index (χ4v) is 4.52. The molecule has 0 spiro atoms. The maximum absolute atomic E-state index is 12.9. The summed E-state index contributed by atoms with van der Waals surface area (Å²) in [5, 5.41) is 0. The zero-order chi connectivity index (χ0) is 18.7. The van der Waals surface area contributed by atoms with Gasteiger partial charge in [0.25, 0.3) is 0 Å². The van der Waals surface area contributed by atoms with E-state index in [4.69, 9.17) is 14.2 Å². The first-order valence-corrected chi connectivity index (χ1v) is 9.71. The van der Waals surface area contributed by atoms with Crippen molar-refractivity contribution in [2.45, 2.75) is 39.5 Å². The molecule has 6 nitrogen and oxygen atoms in total. The van der Waals surface area contributed by atoms with Gasteiger partial charge in [0.2, 0.25) is 0 Å². The third-order valence-electron chi connectivity index (χ3n) is 5.98. The number of fused-ring (bicyclic) bond motifs is 2. The average Bonchev–Trinajstić information content (AvgIpc) is 2.64. The van der Waals surface area contributed by atoms with Crippen molar-refractivity contribution in [1.29, 1.82) is 0 Å². The van der Waals surface area contributed by atoms with Crippen LogP contribution < -0.4 is 0 Å². The van der Waals surface area contributed by atoms with Crippen LogP contribution in [0.1, 0.15) is 39.5 Å². The zero-order valence-electron chi connectivity index (χ0n) is 15.5. The van der Waals surface area contributed by atoms with Crippen molar-refractivity contribution in [3.63, 3.8) is 0 Å². The number of rotatable bonds is 2.